The fraction of sp³-hybridized carbons (Fsp3) is 0.136. The molecule has 0 atom stereocenters. The molecule has 3 aromatic rings. The average Bonchev–Trinajstić information content (AvgIpc) is 2.68. The molecule has 1 amide bonds. The molecule has 4 heteroatoms. The molecule has 0 saturated carbocycles. The maximum atomic E-state index is 13.0. The maximum absolute atomic E-state index is 13.0. The Bertz CT molecular complexity index is 863. The molecule has 0 aliphatic rings. The monoisotopic (exact) mass is 349 g/mol. The molecule has 0 aliphatic heterocycles. The third kappa shape index (κ3) is 4.48. The first-order valence-corrected chi connectivity index (χ1v) is 8.39. The summed E-state index contributed by atoms with van der Waals surface area (Å²) in [6.45, 7) is 0.726. The van der Waals surface area contributed by atoms with Crippen LogP contribution in [0.5, 0.6) is 5.75 Å². The Morgan fingerprint density at radius 1 is 0.923 bits per heavy atom. The number of hydrogen-bond donors (Lipinski definition) is 0. The highest BCUT2D eigenvalue weighted by molar-refractivity contribution is 5.95. The van der Waals surface area contributed by atoms with Crippen molar-refractivity contribution in [2.75, 3.05) is 7.05 Å². The third-order valence-electron chi connectivity index (χ3n) is 4.07. The van der Waals surface area contributed by atoms with Crippen LogP contribution >= 0.6 is 0 Å². The van der Waals surface area contributed by atoms with E-state index in [0.29, 0.717) is 18.7 Å². The minimum absolute atomic E-state index is 0.0958. The van der Waals surface area contributed by atoms with Crippen molar-refractivity contribution in [2.45, 2.75) is 13.2 Å². The first kappa shape index (κ1) is 17.7. The van der Waals surface area contributed by atoms with Crippen LogP contribution < -0.4 is 4.74 Å². The lowest BCUT2D eigenvalue weighted by Gasteiger charge is -2.19. The number of rotatable bonds is 6. The molecule has 0 N–H and O–H groups in total. The fourth-order valence-corrected chi connectivity index (χ4v) is 2.67. The Morgan fingerprint density at radius 3 is 2.31 bits per heavy atom. The van der Waals surface area contributed by atoms with E-state index in [9.17, 15) is 9.18 Å². The van der Waals surface area contributed by atoms with Crippen molar-refractivity contribution in [3.8, 4) is 5.75 Å². The van der Waals surface area contributed by atoms with Gasteiger partial charge in [0.15, 0.2) is 0 Å². The quantitative estimate of drug-likeness (QED) is 0.647. The number of nitrogens with zero attached hydrogens (tertiary/aromatic N) is 1. The van der Waals surface area contributed by atoms with E-state index in [-0.39, 0.29) is 11.7 Å². The molecule has 0 aromatic heterocycles. The van der Waals surface area contributed by atoms with E-state index in [2.05, 4.69) is 0 Å². The van der Waals surface area contributed by atoms with E-state index in [4.69, 9.17) is 4.74 Å². The largest absolute Gasteiger partial charge is 0.489 e. The number of carbonyl (C=O) groups is 1. The highest BCUT2D eigenvalue weighted by Gasteiger charge is 2.16. The van der Waals surface area contributed by atoms with Gasteiger partial charge < -0.3 is 9.64 Å². The molecular weight excluding hydrogens is 329 g/mol. The summed E-state index contributed by atoms with van der Waals surface area (Å²) in [6, 6.07) is 23.1. The normalized spacial score (nSPS) is 10.4. The zero-order chi connectivity index (χ0) is 18.4. The lowest BCUT2D eigenvalue weighted by molar-refractivity contribution is 0.0782. The highest BCUT2D eigenvalue weighted by atomic mass is 19.1. The molecule has 132 valence electrons. The maximum Gasteiger partial charge on any atom is 0.254 e. The van der Waals surface area contributed by atoms with Crippen LogP contribution in [0, 0.1) is 5.82 Å². The van der Waals surface area contributed by atoms with Crippen LogP contribution in [0.1, 0.15) is 21.5 Å². The van der Waals surface area contributed by atoms with Crippen LogP contribution in [0.4, 0.5) is 4.39 Å². The van der Waals surface area contributed by atoms with Gasteiger partial charge in [0.1, 0.15) is 18.2 Å². The van der Waals surface area contributed by atoms with Crippen LogP contribution in [-0.2, 0) is 13.2 Å². The zero-order valence-corrected chi connectivity index (χ0v) is 14.6. The van der Waals surface area contributed by atoms with Crippen LogP contribution in [0.2, 0.25) is 0 Å². The van der Waals surface area contributed by atoms with Crippen molar-refractivity contribution in [1.82, 2.24) is 4.90 Å². The Labute approximate surface area is 152 Å². The summed E-state index contributed by atoms with van der Waals surface area (Å²) >= 11 is 0. The Balaban J connectivity index is 1.71. The number of amides is 1. The second-order valence-corrected chi connectivity index (χ2v) is 6.05. The molecule has 3 rings (SSSR count). The van der Waals surface area contributed by atoms with E-state index in [1.54, 1.807) is 30.1 Å². The van der Waals surface area contributed by atoms with Crippen LogP contribution in [0.25, 0.3) is 0 Å². The Hall–Kier alpha value is -3.14. The van der Waals surface area contributed by atoms with Gasteiger partial charge in [-0.05, 0) is 35.9 Å². The molecule has 0 aliphatic carbocycles. The molecule has 0 bridgehead atoms. The van der Waals surface area contributed by atoms with Crippen LogP contribution in [0.15, 0.2) is 78.9 Å². The van der Waals surface area contributed by atoms with E-state index >= 15 is 0 Å². The average molecular weight is 349 g/mol. The lowest BCUT2D eigenvalue weighted by atomic mass is 10.1. The van der Waals surface area contributed by atoms with Crippen molar-refractivity contribution in [2.24, 2.45) is 0 Å². The summed E-state index contributed by atoms with van der Waals surface area (Å²) in [7, 11) is 1.74. The van der Waals surface area contributed by atoms with E-state index in [1.165, 1.54) is 12.1 Å². The SMILES string of the molecule is CN(Cc1ccc(F)cc1)C(=O)c1ccccc1COc1ccccc1. The smallest absolute Gasteiger partial charge is 0.254 e. The molecule has 0 heterocycles. The predicted octanol–water partition coefficient (Wildman–Crippen LogP) is 4.68. The number of ether oxygens (including phenoxy) is 1. The molecule has 0 spiro atoms. The summed E-state index contributed by atoms with van der Waals surface area (Å²) < 4.78 is 18.8. The van der Waals surface area contributed by atoms with Crippen molar-refractivity contribution < 1.29 is 13.9 Å². The second kappa shape index (κ2) is 8.30. The summed E-state index contributed by atoms with van der Waals surface area (Å²) in [5, 5.41) is 0. The second-order valence-electron chi connectivity index (χ2n) is 6.05. The van der Waals surface area contributed by atoms with Gasteiger partial charge in [0, 0.05) is 24.7 Å². The molecule has 0 saturated heterocycles. The number of carbonyl (C=O) groups excluding carboxylic acids is 1. The van der Waals surface area contributed by atoms with Crippen LogP contribution in [0.3, 0.4) is 0 Å². The van der Waals surface area contributed by atoms with Gasteiger partial charge in [-0.2, -0.15) is 0 Å². The minimum Gasteiger partial charge on any atom is -0.489 e. The molecule has 0 fully saturated rings. The number of hydrogen-bond acceptors (Lipinski definition) is 2. The zero-order valence-electron chi connectivity index (χ0n) is 14.6. The number of halogens is 1. The van der Waals surface area contributed by atoms with E-state index in [1.807, 2.05) is 48.5 Å². The Kier molecular flexibility index (Phi) is 5.64. The first-order chi connectivity index (χ1) is 12.6. The summed E-state index contributed by atoms with van der Waals surface area (Å²) in [4.78, 5) is 14.5. The van der Waals surface area contributed by atoms with E-state index in [0.717, 1.165) is 16.9 Å². The molecule has 0 unspecified atom stereocenters. The summed E-state index contributed by atoms with van der Waals surface area (Å²) in [5.74, 6) is 0.377. The topological polar surface area (TPSA) is 29.5 Å². The van der Waals surface area contributed by atoms with Gasteiger partial charge in [-0.25, -0.2) is 4.39 Å². The summed E-state index contributed by atoms with van der Waals surface area (Å²) in [5.41, 5.74) is 2.31. The first-order valence-electron chi connectivity index (χ1n) is 8.39. The van der Waals surface area contributed by atoms with Crippen molar-refractivity contribution >= 4 is 5.91 Å². The van der Waals surface area contributed by atoms with Crippen molar-refractivity contribution in [3.63, 3.8) is 0 Å². The highest BCUT2D eigenvalue weighted by Crippen LogP contribution is 2.17. The molecule has 3 nitrogen and oxygen atoms in total. The predicted molar refractivity (Wildman–Crippen MR) is 99.4 cm³/mol. The van der Waals surface area contributed by atoms with Gasteiger partial charge in [-0.1, -0.05) is 48.5 Å². The van der Waals surface area contributed by atoms with Gasteiger partial charge in [0.25, 0.3) is 5.91 Å². The van der Waals surface area contributed by atoms with Gasteiger partial charge in [-0.3, -0.25) is 4.79 Å². The molecule has 26 heavy (non-hydrogen) atoms. The molecule has 3 aromatic carbocycles. The Morgan fingerprint density at radius 2 is 1.58 bits per heavy atom. The third-order valence-corrected chi connectivity index (χ3v) is 4.07. The summed E-state index contributed by atoms with van der Waals surface area (Å²) in [6.07, 6.45) is 0. The standard InChI is InChI=1S/C22H20FNO2/c1-24(15-17-11-13-19(23)14-12-17)22(25)21-10-6-5-7-18(21)16-26-20-8-3-2-4-9-20/h2-14H,15-16H2,1H3. The van der Waals surface area contributed by atoms with Crippen LogP contribution in [-0.4, -0.2) is 17.9 Å². The fourth-order valence-electron chi connectivity index (χ4n) is 2.67. The number of benzene rings is 3. The molecular formula is C22H20FNO2. The van der Waals surface area contributed by atoms with Gasteiger partial charge in [-0.15, -0.1) is 0 Å². The van der Waals surface area contributed by atoms with Crippen molar-refractivity contribution in [3.05, 3.63) is 101 Å². The van der Waals surface area contributed by atoms with Gasteiger partial charge in [0.2, 0.25) is 0 Å². The van der Waals surface area contributed by atoms with Gasteiger partial charge in [0.05, 0.1) is 0 Å². The van der Waals surface area contributed by atoms with Gasteiger partial charge >= 0.3 is 0 Å². The number of para-hydroxylation sites is 1. The van der Waals surface area contributed by atoms with E-state index < -0.39 is 0 Å². The minimum atomic E-state index is -0.286. The lowest BCUT2D eigenvalue weighted by Crippen LogP contribution is -2.27. The molecule has 0 radical (unpaired) electrons. The van der Waals surface area contributed by atoms with Crippen molar-refractivity contribution in [1.29, 1.82) is 0 Å².